The fourth-order valence-electron chi connectivity index (χ4n) is 2.06. The van der Waals surface area contributed by atoms with Crippen LogP contribution in [0.4, 0.5) is 0 Å². The highest BCUT2D eigenvalue weighted by Gasteiger charge is 2.15. The van der Waals surface area contributed by atoms with Crippen molar-refractivity contribution in [3.8, 4) is 5.88 Å². The topological polar surface area (TPSA) is 67.8 Å². The Morgan fingerprint density at radius 1 is 1.48 bits per heavy atom. The Balaban J connectivity index is 0.00000220. The lowest BCUT2D eigenvalue weighted by molar-refractivity contribution is 0.114. The number of nitrogens with one attached hydrogen (secondary N) is 2. The van der Waals surface area contributed by atoms with Crippen molar-refractivity contribution < 1.29 is 9.47 Å². The van der Waals surface area contributed by atoms with Gasteiger partial charge in [0, 0.05) is 39.0 Å². The van der Waals surface area contributed by atoms with Crippen molar-refractivity contribution in [1.82, 2.24) is 15.6 Å². The van der Waals surface area contributed by atoms with Crippen molar-refractivity contribution in [3.05, 3.63) is 23.9 Å². The molecule has 2 rings (SSSR count). The van der Waals surface area contributed by atoms with Crippen LogP contribution in [0.2, 0.25) is 0 Å². The molecular weight excluding hydrogens is 383 g/mol. The molecule has 1 aromatic heterocycles. The first-order valence-electron chi connectivity index (χ1n) is 6.87. The molecule has 2 N–H and O–H groups in total. The van der Waals surface area contributed by atoms with Crippen LogP contribution in [0.25, 0.3) is 0 Å². The number of nitrogens with zero attached hydrogens (tertiary/aromatic N) is 2. The van der Waals surface area contributed by atoms with Crippen LogP contribution < -0.4 is 15.4 Å². The molecule has 1 saturated heterocycles. The van der Waals surface area contributed by atoms with Gasteiger partial charge in [0.2, 0.25) is 5.88 Å². The van der Waals surface area contributed by atoms with Crippen molar-refractivity contribution in [2.75, 3.05) is 27.3 Å². The highest BCUT2D eigenvalue weighted by Crippen LogP contribution is 2.10. The molecule has 2 heterocycles. The highest BCUT2D eigenvalue weighted by molar-refractivity contribution is 14.0. The van der Waals surface area contributed by atoms with Gasteiger partial charge in [0.05, 0.1) is 13.2 Å². The normalized spacial score (nSPS) is 18.0. The molecule has 0 bridgehead atoms. The Hall–Kier alpha value is -1.09. The van der Waals surface area contributed by atoms with E-state index in [4.69, 9.17) is 9.47 Å². The second-order valence-electron chi connectivity index (χ2n) is 4.65. The molecule has 7 heteroatoms. The quantitative estimate of drug-likeness (QED) is 0.441. The van der Waals surface area contributed by atoms with Gasteiger partial charge >= 0.3 is 0 Å². The van der Waals surface area contributed by atoms with Crippen molar-refractivity contribution in [1.29, 1.82) is 0 Å². The van der Waals surface area contributed by atoms with Gasteiger partial charge in [-0.2, -0.15) is 0 Å². The number of hydrogen-bond acceptors (Lipinski definition) is 4. The zero-order valence-corrected chi connectivity index (χ0v) is 14.8. The SMILES string of the molecule is CN=C(NCc1ccc(OC)nc1)NCC1CCCO1.I. The van der Waals surface area contributed by atoms with Crippen LogP contribution in [0.15, 0.2) is 23.3 Å². The lowest BCUT2D eigenvalue weighted by Crippen LogP contribution is -2.40. The number of ether oxygens (including phenoxy) is 2. The lowest BCUT2D eigenvalue weighted by atomic mass is 10.2. The number of aromatic nitrogens is 1. The summed E-state index contributed by atoms with van der Waals surface area (Å²) in [5, 5.41) is 6.52. The Kier molecular flexibility index (Phi) is 8.36. The monoisotopic (exact) mass is 406 g/mol. The van der Waals surface area contributed by atoms with Gasteiger partial charge in [0.15, 0.2) is 5.96 Å². The summed E-state index contributed by atoms with van der Waals surface area (Å²) in [7, 11) is 3.37. The maximum Gasteiger partial charge on any atom is 0.212 e. The largest absolute Gasteiger partial charge is 0.481 e. The van der Waals surface area contributed by atoms with Crippen LogP contribution in [0, 0.1) is 0 Å². The van der Waals surface area contributed by atoms with Crippen LogP contribution in [-0.2, 0) is 11.3 Å². The summed E-state index contributed by atoms with van der Waals surface area (Å²) in [6.07, 6.45) is 4.36. The smallest absolute Gasteiger partial charge is 0.212 e. The Labute approximate surface area is 142 Å². The van der Waals surface area contributed by atoms with E-state index >= 15 is 0 Å². The van der Waals surface area contributed by atoms with Crippen molar-refractivity contribution in [3.63, 3.8) is 0 Å². The molecule has 1 aliphatic heterocycles. The van der Waals surface area contributed by atoms with Crippen molar-refractivity contribution in [2.45, 2.75) is 25.5 Å². The average Bonchev–Trinajstić information content (AvgIpc) is 3.01. The number of aliphatic imine (C=N–C) groups is 1. The number of pyridine rings is 1. The molecule has 1 atom stereocenters. The minimum Gasteiger partial charge on any atom is -0.481 e. The van der Waals surface area contributed by atoms with E-state index in [9.17, 15) is 0 Å². The van der Waals surface area contributed by atoms with Gasteiger partial charge in [-0.05, 0) is 18.4 Å². The predicted octanol–water partition coefficient (Wildman–Crippen LogP) is 1.55. The third-order valence-corrected chi connectivity index (χ3v) is 3.21. The summed E-state index contributed by atoms with van der Waals surface area (Å²) >= 11 is 0. The van der Waals surface area contributed by atoms with E-state index < -0.39 is 0 Å². The molecule has 21 heavy (non-hydrogen) atoms. The molecule has 0 aromatic carbocycles. The van der Waals surface area contributed by atoms with Gasteiger partial charge in [-0.25, -0.2) is 4.98 Å². The van der Waals surface area contributed by atoms with Gasteiger partial charge in [-0.1, -0.05) is 6.07 Å². The van der Waals surface area contributed by atoms with E-state index in [1.165, 1.54) is 0 Å². The molecular formula is C14H23IN4O2. The third kappa shape index (κ3) is 6.04. The van der Waals surface area contributed by atoms with E-state index in [2.05, 4.69) is 20.6 Å². The number of rotatable bonds is 5. The van der Waals surface area contributed by atoms with Crippen LogP contribution in [0.3, 0.4) is 0 Å². The summed E-state index contributed by atoms with van der Waals surface area (Å²) in [4.78, 5) is 8.36. The van der Waals surface area contributed by atoms with E-state index in [0.29, 0.717) is 18.5 Å². The predicted molar refractivity (Wildman–Crippen MR) is 93.4 cm³/mol. The van der Waals surface area contributed by atoms with E-state index in [1.54, 1.807) is 20.4 Å². The lowest BCUT2D eigenvalue weighted by Gasteiger charge is -2.15. The average molecular weight is 406 g/mol. The van der Waals surface area contributed by atoms with Crippen LogP contribution in [0.5, 0.6) is 5.88 Å². The molecule has 0 aliphatic carbocycles. The fourth-order valence-corrected chi connectivity index (χ4v) is 2.06. The summed E-state index contributed by atoms with van der Waals surface area (Å²) < 4.78 is 10.6. The Morgan fingerprint density at radius 2 is 2.33 bits per heavy atom. The zero-order chi connectivity index (χ0) is 14.2. The molecule has 1 fully saturated rings. The molecule has 6 nitrogen and oxygen atoms in total. The molecule has 1 aliphatic rings. The minimum absolute atomic E-state index is 0. The fraction of sp³-hybridized carbons (Fsp3) is 0.571. The van der Waals surface area contributed by atoms with Gasteiger partial charge in [-0.15, -0.1) is 24.0 Å². The second kappa shape index (κ2) is 9.78. The number of halogens is 1. The molecule has 118 valence electrons. The van der Waals surface area contributed by atoms with E-state index in [1.807, 2.05) is 12.1 Å². The number of hydrogen-bond donors (Lipinski definition) is 2. The summed E-state index contributed by atoms with van der Waals surface area (Å²) in [5.41, 5.74) is 1.07. The third-order valence-electron chi connectivity index (χ3n) is 3.21. The maximum atomic E-state index is 5.57. The number of methoxy groups -OCH3 is 1. The number of guanidine groups is 1. The van der Waals surface area contributed by atoms with Crippen molar-refractivity contribution in [2.24, 2.45) is 4.99 Å². The summed E-state index contributed by atoms with van der Waals surface area (Å²) in [6, 6.07) is 3.83. The van der Waals surface area contributed by atoms with E-state index in [-0.39, 0.29) is 24.0 Å². The molecule has 0 amide bonds. The van der Waals surface area contributed by atoms with Gasteiger partial charge in [-0.3, -0.25) is 4.99 Å². The summed E-state index contributed by atoms with van der Waals surface area (Å²) in [6.45, 7) is 2.33. The van der Waals surface area contributed by atoms with Crippen molar-refractivity contribution >= 4 is 29.9 Å². The molecule has 0 radical (unpaired) electrons. The van der Waals surface area contributed by atoms with Gasteiger partial charge in [0.25, 0.3) is 0 Å². The molecule has 0 spiro atoms. The van der Waals surface area contributed by atoms with E-state index in [0.717, 1.165) is 37.5 Å². The second-order valence-corrected chi connectivity index (χ2v) is 4.65. The molecule has 1 unspecified atom stereocenters. The van der Waals surface area contributed by atoms with Crippen LogP contribution in [0.1, 0.15) is 18.4 Å². The zero-order valence-electron chi connectivity index (χ0n) is 12.5. The first-order chi connectivity index (χ1) is 9.81. The minimum atomic E-state index is 0. The molecule has 1 aromatic rings. The maximum absolute atomic E-state index is 5.57. The standard InChI is InChI=1S/C14H22N4O2.HI/c1-15-14(18-10-12-4-3-7-20-12)17-9-11-5-6-13(19-2)16-8-11;/h5-6,8,12H,3-4,7,9-10H2,1-2H3,(H2,15,17,18);1H. The van der Waals surface area contributed by atoms with Gasteiger partial charge < -0.3 is 20.1 Å². The Bertz CT molecular complexity index is 433. The highest BCUT2D eigenvalue weighted by atomic mass is 127. The Morgan fingerprint density at radius 3 is 2.90 bits per heavy atom. The molecule has 0 saturated carbocycles. The van der Waals surface area contributed by atoms with Crippen LogP contribution in [-0.4, -0.2) is 44.4 Å². The first-order valence-corrected chi connectivity index (χ1v) is 6.87. The van der Waals surface area contributed by atoms with Gasteiger partial charge in [0.1, 0.15) is 0 Å². The van der Waals surface area contributed by atoms with Crippen LogP contribution >= 0.6 is 24.0 Å². The first kappa shape index (κ1) is 18.0. The summed E-state index contributed by atoms with van der Waals surface area (Å²) in [5.74, 6) is 1.39.